The highest BCUT2D eigenvalue weighted by molar-refractivity contribution is 5.91. The van der Waals surface area contributed by atoms with Crippen molar-refractivity contribution in [2.24, 2.45) is 5.73 Å². The fraction of sp³-hybridized carbons (Fsp3) is 0. The first-order valence-electron chi connectivity index (χ1n) is 3.48. The van der Waals surface area contributed by atoms with E-state index in [1.54, 1.807) is 0 Å². The van der Waals surface area contributed by atoms with Crippen LogP contribution in [0.5, 0.6) is 0 Å². The van der Waals surface area contributed by atoms with Gasteiger partial charge in [-0.25, -0.2) is 9.50 Å². The molecule has 0 atom stereocenters. The van der Waals surface area contributed by atoms with Crippen LogP contribution in [-0.2, 0) is 0 Å². The summed E-state index contributed by atoms with van der Waals surface area (Å²) in [5.41, 5.74) is 5.31. The van der Waals surface area contributed by atoms with Crippen molar-refractivity contribution >= 4 is 11.6 Å². The minimum absolute atomic E-state index is 0.0677. The van der Waals surface area contributed by atoms with Gasteiger partial charge in [-0.2, -0.15) is 9.49 Å². The molecule has 0 aliphatic carbocycles. The van der Waals surface area contributed by atoms with Crippen molar-refractivity contribution < 1.29 is 9.18 Å². The van der Waals surface area contributed by atoms with Crippen LogP contribution in [0.2, 0.25) is 0 Å². The van der Waals surface area contributed by atoms with Crippen LogP contribution in [0, 0.1) is 5.95 Å². The lowest BCUT2D eigenvalue weighted by Crippen LogP contribution is -2.11. The van der Waals surface area contributed by atoms with Crippen molar-refractivity contribution in [3.05, 3.63) is 30.0 Å². The Bertz CT molecular complexity index is 478. The lowest BCUT2D eigenvalue weighted by molar-refractivity contribution is 0.0995. The first kappa shape index (κ1) is 7.66. The number of hydrogen-bond donors (Lipinski definition) is 1. The summed E-state index contributed by atoms with van der Waals surface area (Å²) in [6, 6.07) is 2.47. The average molecular weight is 180 g/mol. The van der Waals surface area contributed by atoms with Gasteiger partial charge in [-0.3, -0.25) is 4.79 Å². The van der Waals surface area contributed by atoms with E-state index < -0.39 is 11.9 Å². The summed E-state index contributed by atoms with van der Waals surface area (Å²) in [5, 5.41) is 3.77. The summed E-state index contributed by atoms with van der Waals surface area (Å²) in [7, 11) is 0. The predicted molar refractivity (Wildman–Crippen MR) is 41.5 cm³/mol. The van der Waals surface area contributed by atoms with Crippen molar-refractivity contribution in [3.63, 3.8) is 0 Å². The highest BCUT2D eigenvalue weighted by Crippen LogP contribution is 2.03. The second kappa shape index (κ2) is 2.51. The Balaban J connectivity index is 2.68. The van der Waals surface area contributed by atoms with Crippen LogP contribution in [0.25, 0.3) is 5.65 Å². The number of aromatic nitrogens is 3. The maximum atomic E-state index is 12.6. The molecule has 2 aromatic heterocycles. The van der Waals surface area contributed by atoms with Gasteiger partial charge in [0.1, 0.15) is 0 Å². The summed E-state index contributed by atoms with van der Waals surface area (Å²) in [5.74, 6) is -1.28. The highest BCUT2D eigenvalue weighted by Gasteiger charge is 2.07. The maximum Gasteiger partial charge on any atom is 0.269 e. The molecule has 0 aliphatic rings. The van der Waals surface area contributed by atoms with Gasteiger partial charge < -0.3 is 5.73 Å². The van der Waals surface area contributed by atoms with E-state index in [0.29, 0.717) is 0 Å². The second-order valence-corrected chi connectivity index (χ2v) is 2.45. The van der Waals surface area contributed by atoms with E-state index >= 15 is 0 Å². The molecule has 5 nitrogen and oxygen atoms in total. The average Bonchev–Trinajstić information content (AvgIpc) is 2.46. The zero-order chi connectivity index (χ0) is 9.42. The number of nitrogens with zero attached hydrogens (tertiary/aromatic N) is 3. The summed E-state index contributed by atoms with van der Waals surface area (Å²) in [4.78, 5) is 14.2. The van der Waals surface area contributed by atoms with E-state index in [-0.39, 0.29) is 11.3 Å². The van der Waals surface area contributed by atoms with Gasteiger partial charge in [0.15, 0.2) is 11.3 Å². The number of carbonyl (C=O) groups excluding carboxylic acids is 1. The topological polar surface area (TPSA) is 73.3 Å². The Morgan fingerprint density at radius 2 is 2.38 bits per heavy atom. The van der Waals surface area contributed by atoms with Crippen molar-refractivity contribution in [1.29, 1.82) is 0 Å². The zero-order valence-corrected chi connectivity index (χ0v) is 6.44. The number of rotatable bonds is 1. The van der Waals surface area contributed by atoms with Crippen molar-refractivity contribution in [1.82, 2.24) is 14.6 Å². The predicted octanol–water partition coefficient (Wildman–Crippen LogP) is -0.0327. The fourth-order valence-corrected chi connectivity index (χ4v) is 0.977. The van der Waals surface area contributed by atoms with Gasteiger partial charge in [-0.15, -0.1) is 0 Å². The van der Waals surface area contributed by atoms with Gasteiger partial charge in [-0.05, 0) is 0 Å². The molecule has 6 heteroatoms. The first-order chi connectivity index (χ1) is 6.16. The SMILES string of the molecule is NC(=O)c1cc2nc(F)ccn2n1. The zero-order valence-electron chi connectivity index (χ0n) is 6.44. The molecule has 0 saturated carbocycles. The lowest BCUT2D eigenvalue weighted by Gasteiger charge is -1.89. The summed E-state index contributed by atoms with van der Waals surface area (Å²) < 4.78 is 13.9. The van der Waals surface area contributed by atoms with Gasteiger partial charge in [-0.1, -0.05) is 0 Å². The molecule has 0 radical (unpaired) electrons. The molecule has 2 aromatic rings. The van der Waals surface area contributed by atoms with Crippen molar-refractivity contribution in [3.8, 4) is 0 Å². The molecule has 0 spiro atoms. The Kier molecular flexibility index (Phi) is 1.48. The number of carbonyl (C=O) groups is 1. The largest absolute Gasteiger partial charge is 0.364 e. The van der Waals surface area contributed by atoms with Crippen LogP contribution in [0.3, 0.4) is 0 Å². The summed E-state index contributed by atoms with van der Waals surface area (Å²) in [6.45, 7) is 0. The Hall–Kier alpha value is -1.98. The maximum absolute atomic E-state index is 12.6. The number of amides is 1. The molecule has 0 aromatic carbocycles. The van der Waals surface area contributed by atoms with Crippen LogP contribution < -0.4 is 5.73 Å². The molecule has 66 valence electrons. The van der Waals surface area contributed by atoms with E-state index in [1.807, 2.05) is 0 Å². The number of halogens is 1. The number of hydrogen-bond acceptors (Lipinski definition) is 3. The van der Waals surface area contributed by atoms with Gasteiger partial charge >= 0.3 is 0 Å². The number of nitrogens with two attached hydrogens (primary N) is 1. The Labute approximate surface area is 72.0 Å². The van der Waals surface area contributed by atoms with E-state index in [9.17, 15) is 9.18 Å². The molecule has 0 saturated heterocycles. The van der Waals surface area contributed by atoms with Gasteiger partial charge in [0.25, 0.3) is 5.91 Å². The van der Waals surface area contributed by atoms with Crippen molar-refractivity contribution in [2.75, 3.05) is 0 Å². The minimum Gasteiger partial charge on any atom is -0.364 e. The van der Waals surface area contributed by atoms with E-state index in [1.165, 1.54) is 16.8 Å². The summed E-state index contributed by atoms with van der Waals surface area (Å²) in [6.07, 6.45) is 1.37. The standard InChI is InChI=1S/C7H5FN4O/c8-5-1-2-12-6(10-5)3-4(11-12)7(9)13/h1-3H,(H2,9,13). The van der Waals surface area contributed by atoms with Crippen LogP contribution in [0.1, 0.15) is 10.5 Å². The van der Waals surface area contributed by atoms with Crippen LogP contribution in [-0.4, -0.2) is 20.5 Å². The third-order valence-corrected chi connectivity index (χ3v) is 1.54. The van der Waals surface area contributed by atoms with Crippen LogP contribution in [0.15, 0.2) is 18.3 Å². The van der Waals surface area contributed by atoms with E-state index in [2.05, 4.69) is 10.1 Å². The van der Waals surface area contributed by atoms with Gasteiger partial charge in [0, 0.05) is 18.3 Å². The van der Waals surface area contributed by atoms with Gasteiger partial charge in [0.2, 0.25) is 5.95 Å². The molecule has 2 N–H and O–H groups in total. The third-order valence-electron chi connectivity index (χ3n) is 1.54. The third kappa shape index (κ3) is 1.22. The Morgan fingerprint density at radius 1 is 1.62 bits per heavy atom. The van der Waals surface area contributed by atoms with E-state index in [0.717, 1.165) is 6.07 Å². The fourth-order valence-electron chi connectivity index (χ4n) is 0.977. The van der Waals surface area contributed by atoms with Gasteiger partial charge in [0.05, 0.1) is 0 Å². The Morgan fingerprint density at radius 3 is 3.08 bits per heavy atom. The quantitative estimate of drug-likeness (QED) is 0.626. The molecule has 2 rings (SSSR count). The normalized spacial score (nSPS) is 10.5. The molecule has 0 unspecified atom stereocenters. The number of fused-ring (bicyclic) bond motifs is 1. The second-order valence-electron chi connectivity index (χ2n) is 2.45. The van der Waals surface area contributed by atoms with Crippen LogP contribution in [0.4, 0.5) is 4.39 Å². The first-order valence-corrected chi connectivity index (χ1v) is 3.48. The monoisotopic (exact) mass is 180 g/mol. The molecular formula is C7H5FN4O. The molecular weight excluding hydrogens is 175 g/mol. The minimum atomic E-state index is -0.661. The number of primary amides is 1. The highest BCUT2D eigenvalue weighted by atomic mass is 19.1. The van der Waals surface area contributed by atoms with E-state index in [4.69, 9.17) is 5.73 Å². The molecule has 2 heterocycles. The smallest absolute Gasteiger partial charge is 0.269 e. The molecule has 0 fully saturated rings. The van der Waals surface area contributed by atoms with Crippen LogP contribution >= 0.6 is 0 Å². The summed E-state index contributed by atoms with van der Waals surface area (Å²) >= 11 is 0. The molecule has 0 aliphatic heterocycles. The van der Waals surface area contributed by atoms with Crippen molar-refractivity contribution in [2.45, 2.75) is 0 Å². The molecule has 0 bridgehead atoms. The lowest BCUT2D eigenvalue weighted by atomic mass is 10.4. The molecule has 1 amide bonds. The molecule has 13 heavy (non-hydrogen) atoms.